The zero-order valence-corrected chi connectivity index (χ0v) is 15.0. The molecular formula is C22H18N4O. The smallest absolute Gasteiger partial charge is 0.264 e. The number of allylic oxidation sites excluding steroid dienone is 1. The molecule has 5 rings (SSSR count). The maximum Gasteiger partial charge on any atom is 0.264 e. The van der Waals surface area contributed by atoms with Crippen LogP contribution in [0.15, 0.2) is 65.6 Å². The molecule has 132 valence electrons. The molecule has 2 aromatic carbocycles. The molecule has 0 saturated heterocycles. The molecule has 0 spiro atoms. The van der Waals surface area contributed by atoms with Crippen LogP contribution in [0, 0.1) is 6.92 Å². The Hall–Kier alpha value is -3.47. The van der Waals surface area contributed by atoms with E-state index in [1.54, 1.807) is 15.4 Å². The lowest BCUT2D eigenvalue weighted by molar-refractivity contribution is 0.723. The van der Waals surface area contributed by atoms with Gasteiger partial charge in [-0.05, 0) is 42.7 Å². The third kappa shape index (κ3) is 2.59. The number of nitrogens with zero attached hydrogens (tertiary/aromatic N) is 4. The van der Waals surface area contributed by atoms with Crippen LogP contribution in [-0.4, -0.2) is 19.3 Å². The van der Waals surface area contributed by atoms with E-state index in [4.69, 9.17) is 4.98 Å². The van der Waals surface area contributed by atoms with E-state index in [0.29, 0.717) is 17.6 Å². The first-order valence-corrected chi connectivity index (χ1v) is 9.02. The molecule has 0 unspecified atom stereocenters. The van der Waals surface area contributed by atoms with Crippen LogP contribution in [0.5, 0.6) is 0 Å². The Kier molecular flexibility index (Phi) is 3.53. The molecule has 1 aliphatic rings. The second kappa shape index (κ2) is 6.06. The third-order valence-corrected chi connectivity index (χ3v) is 4.96. The van der Waals surface area contributed by atoms with Crippen molar-refractivity contribution in [2.45, 2.75) is 19.9 Å². The molecule has 2 aromatic heterocycles. The molecule has 0 atom stereocenters. The Morgan fingerprint density at radius 1 is 1.07 bits per heavy atom. The van der Waals surface area contributed by atoms with Gasteiger partial charge in [-0.2, -0.15) is 5.10 Å². The minimum atomic E-state index is -0.0233. The van der Waals surface area contributed by atoms with Gasteiger partial charge in [0.25, 0.3) is 5.56 Å². The van der Waals surface area contributed by atoms with E-state index in [9.17, 15) is 4.79 Å². The van der Waals surface area contributed by atoms with Crippen molar-refractivity contribution in [3.8, 4) is 5.69 Å². The fourth-order valence-corrected chi connectivity index (χ4v) is 3.66. The maximum atomic E-state index is 13.0. The lowest BCUT2D eigenvalue weighted by atomic mass is 10.1. The lowest BCUT2D eigenvalue weighted by Gasteiger charge is -2.06. The van der Waals surface area contributed by atoms with Gasteiger partial charge in [0.1, 0.15) is 11.2 Å². The quantitative estimate of drug-likeness (QED) is 0.550. The van der Waals surface area contributed by atoms with Gasteiger partial charge in [-0.15, -0.1) is 0 Å². The first kappa shape index (κ1) is 15.8. The number of rotatable bonds is 2. The molecule has 0 amide bonds. The Morgan fingerprint density at radius 3 is 2.74 bits per heavy atom. The van der Waals surface area contributed by atoms with Crippen molar-refractivity contribution in [2.75, 3.05) is 0 Å². The summed E-state index contributed by atoms with van der Waals surface area (Å²) in [5.41, 5.74) is 4.90. The summed E-state index contributed by atoms with van der Waals surface area (Å²) >= 11 is 0. The minimum absolute atomic E-state index is 0.0233. The summed E-state index contributed by atoms with van der Waals surface area (Å²) in [6.07, 6.45) is 4.56. The Bertz CT molecular complexity index is 1250. The van der Waals surface area contributed by atoms with E-state index in [0.717, 1.165) is 29.1 Å². The summed E-state index contributed by atoms with van der Waals surface area (Å²) < 4.78 is 3.50. The largest absolute Gasteiger partial charge is 0.292 e. The van der Waals surface area contributed by atoms with Crippen LogP contribution in [-0.2, 0) is 6.54 Å². The molecule has 5 nitrogen and oxygen atoms in total. The zero-order chi connectivity index (χ0) is 18.4. The number of fused-ring (bicyclic) bond motifs is 2. The molecule has 5 heteroatoms. The molecule has 0 bridgehead atoms. The van der Waals surface area contributed by atoms with E-state index in [-0.39, 0.29) is 5.56 Å². The van der Waals surface area contributed by atoms with E-state index in [2.05, 4.69) is 36.3 Å². The molecule has 0 N–H and O–H groups in total. The highest BCUT2D eigenvalue weighted by Gasteiger charge is 2.23. The summed E-state index contributed by atoms with van der Waals surface area (Å²) in [6, 6.07) is 18.1. The first-order chi connectivity index (χ1) is 13.2. The topological polar surface area (TPSA) is 52.7 Å². The second-order valence-corrected chi connectivity index (χ2v) is 6.86. The van der Waals surface area contributed by atoms with E-state index < -0.39 is 0 Å². The maximum absolute atomic E-state index is 13.0. The third-order valence-electron chi connectivity index (χ3n) is 4.96. The highest BCUT2D eigenvalue weighted by atomic mass is 16.1. The van der Waals surface area contributed by atoms with Crippen molar-refractivity contribution in [2.24, 2.45) is 0 Å². The Balaban J connectivity index is 1.71. The van der Waals surface area contributed by atoms with Crippen molar-refractivity contribution >= 4 is 22.7 Å². The molecule has 0 saturated carbocycles. The predicted molar refractivity (Wildman–Crippen MR) is 107 cm³/mol. The van der Waals surface area contributed by atoms with Gasteiger partial charge < -0.3 is 0 Å². The fourth-order valence-electron chi connectivity index (χ4n) is 3.66. The van der Waals surface area contributed by atoms with E-state index >= 15 is 0 Å². The van der Waals surface area contributed by atoms with Crippen molar-refractivity contribution in [3.63, 3.8) is 0 Å². The van der Waals surface area contributed by atoms with Gasteiger partial charge in [-0.1, -0.05) is 48.0 Å². The van der Waals surface area contributed by atoms with E-state index in [1.165, 1.54) is 5.56 Å². The van der Waals surface area contributed by atoms with Crippen LogP contribution >= 0.6 is 0 Å². The highest BCUT2D eigenvalue weighted by Crippen LogP contribution is 2.28. The van der Waals surface area contributed by atoms with Gasteiger partial charge in [-0.3, -0.25) is 9.36 Å². The number of benzene rings is 2. The number of hydrogen-bond acceptors (Lipinski definition) is 3. The summed E-state index contributed by atoms with van der Waals surface area (Å²) in [5.74, 6) is 0.742. The second-order valence-electron chi connectivity index (χ2n) is 6.86. The SMILES string of the molecule is Cc1cccc(/C=C2\CCn3c2nc2c(cnn2-c2ccccc2)c3=O)c1. The molecule has 27 heavy (non-hydrogen) atoms. The monoisotopic (exact) mass is 354 g/mol. The lowest BCUT2D eigenvalue weighted by Crippen LogP contribution is -2.20. The van der Waals surface area contributed by atoms with E-state index in [1.807, 2.05) is 36.4 Å². The highest BCUT2D eigenvalue weighted by molar-refractivity contribution is 5.84. The number of aryl methyl sites for hydroxylation is 1. The van der Waals surface area contributed by atoms with Crippen molar-refractivity contribution < 1.29 is 0 Å². The molecule has 1 aliphatic heterocycles. The molecule has 3 heterocycles. The molecule has 0 radical (unpaired) electrons. The summed E-state index contributed by atoms with van der Waals surface area (Å²) in [4.78, 5) is 17.8. The van der Waals surface area contributed by atoms with Crippen LogP contribution in [0.1, 0.15) is 23.4 Å². The first-order valence-electron chi connectivity index (χ1n) is 9.02. The molecule has 4 aromatic rings. The molecule has 0 aliphatic carbocycles. The minimum Gasteiger partial charge on any atom is -0.292 e. The van der Waals surface area contributed by atoms with Gasteiger partial charge in [0.15, 0.2) is 5.65 Å². The average molecular weight is 354 g/mol. The Morgan fingerprint density at radius 2 is 1.93 bits per heavy atom. The number of hydrogen-bond donors (Lipinski definition) is 0. The van der Waals surface area contributed by atoms with Gasteiger partial charge in [-0.25, -0.2) is 9.67 Å². The normalized spacial score (nSPS) is 14.8. The Labute approximate surface area is 156 Å². The summed E-state index contributed by atoms with van der Waals surface area (Å²) in [6.45, 7) is 2.74. The zero-order valence-electron chi connectivity index (χ0n) is 15.0. The van der Waals surface area contributed by atoms with Crippen molar-refractivity contribution in [3.05, 3.63) is 88.1 Å². The molecular weight excluding hydrogens is 336 g/mol. The van der Waals surface area contributed by atoms with Crippen molar-refractivity contribution in [1.82, 2.24) is 19.3 Å². The number of para-hydroxylation sites is 1. The van der Waals surface area contributed by atoms with Gasteiger partial charge >= 0.3 is 0 Å². The molecule has 0 fully saturated rings. The van der Waals surface area contributed by atoms with Gasteiger partial charge in [0, 0.05) is 6.54 Å². The van der Waals surface area contributed by atoms with Crippen LogP contribution in [0.2, 0.25) is 0 Å². The fraction of sp³-hybridized carbons (Fsp3) is 0.136. The van der Waals surface area contributed by atoms with Crippen molar-refractivity contribution in [1.29, 1.82) is 0 Å². The number of aromatic nitrogens is 4. The van der Waals surface area contributed by atoms with Gasteiger partial charge in [0.05, 0.1) is 11.9 Å². The van der Waals surface area contributed by atoms with Crippen LogP contribution in [0.25, 0.3) is 28.4 Å². The average Bonchev–Trinajstić information content (AvgIpc) is 3.28. The van der Waals surface area contributed by atoms with Crippen LogP contribution in [0.4, 0.5) is 0 Å². The van der Waals surface area contributed by atoms with Crippen LogP contribution in [0.3, 0.4) is 0 Å². The van der Waals surface area contributed by atoms with Gasteiger partial charge in [0.2, 0.25) is 0 Å². The predicted octanol–water partition coefficient (Wildman–Crippen LogP) is 3.83. The van der Waals surface area contributed by atoms with Crippen LogP contribution < -0.4 is 5.56 Å². The standard InChI is InChI=1S/C22H18N4O/c1-15-6-5-7-16(12-15)13-17-10-11-25-20(17)24-21-19(22(25)27)14-23-26(21)18-8-3-2-4-9-18/h2-9,12-14H,10-11H2,1H3/b17-13+. The summed E-state index contributed by atoms with van der Waals surface area (Å²) in [5, 5.41) is 4.96. The summed E-state index contributed by atoms with van der Waals surface area (Å²) in [7, 11) is 0.